The highest BCUT2D eigenvalue weighted by atomic mass is 19.1. The van der Waals surface area contributed by atoms with Crippen molar-refractivity contribution < 1.29 is 14.0 Å². The van der Waals surface area contributed by atoms with E-state index < -0.39 is 17.6 Å². The second-order valence-corrected chi connectivity index (χ2v) is 4.32. The fourth-order valence-corrected chi connectivity index (χ4v) is 2.22. The van der Waals surface area contributed by atoms with Gasteiger partial charge in [0, 0.05) is 12.7 Å². The van der Waals surface area contributed by atoms with Crippen LogP contribution < -0.4 is 10.6 Å². The van der Waals surface area contributed by atoms with E-state index in [4.69, 9.17) is 5.73 Å². The van der Waals surface area contributed by atoms with E-state index in [9.17, 15) is 14.0 Å². The van der Waals surface area contributed by atoms with Crippen molar-refractivity contribution in [3.8, 4) is 0 Å². The van der Waals surface area contributed by atoms with Crippen molar-refractivity contribution in [3.05, 3.63) is 59.2 Å². The van der Waals surface area contributed by atoms with Crippen LogP contribution in [0.15, 0.2) is 36.5 Å². The first-order chi connectivity index (χ1) is 9.63. The summed E-state index contributed by atoms with van der Waals surface area (Å²) in [6.07, 6.45) is 1.45. The number of carbonyl (C=O) groups is 2. The molecular weight excluding hydrogens is 261 g/mol. The molecule has 6 heteroatoms. The molecule has 2 heterocycles. The fourth-order valence-electron chi connectivity index (χ4n) is 2.22. The summed E-state index contributed by atoms with van der Waals surface area (Å²) in [5, 5.41) is 0. The number of nitrogens with two attached hydrogens (primary N) is 1. The Morgan fingerprint density at radius 3 is 2.70 bits per heavy atom. The Hall–Kier alpha value is -2.60. The number of imide groups is 1. The van der Waals surface area contributed by atoms with E-state index in [1.54, 1.807) is 6.07 Å². The van der Waals surface area contributed by atoms with Gasteiger partial charge in [-0.15, -0.1) is 0 Å². The normalized spacial score (nSPS) is 13.8. The lowest BCUT2D eigenvalue weighted by atomic mass is 10.1. The van der Waals surface area contributed by atoms with Crippen molar-refractivity contribution in [1.29, 1.82) is 0 Å². The van der Waals surface area contributed by atoms with Gasteiger partial charge in [-0.25, -0.2) is 9.29 Å². The van der Waals surface area contributed by atoms with Gasteiger partial charge in [-0.3, -0.25) is 14.6 Å². The van der Waals surface area contributed by atoms with Gasteiger partial charge in [0.15, 0.2) is 0 Å². The van der Waals surface area contributed by atoms with Gasteiger partial charge in [0.05, 0.1) is 11.3 Å². The fraction of sp³-hybridized carbons (Fsp3) is 0.0714. The largest absolute Gasteiger partial charge is 0.326 e. The molecule has 0 fully saturated rings. The monoisotopic (exact) mass is 271 g/mol. The minimum absolute atomic E-state index is 0.0218. The number of nitrogens with zero attached hydrogens (tertiary/aromatic N) is 2. The molecule has 0 aliphatic carbocycles. The maximum atomic E-state index is 13.2. The van der Waals surface area contributed by atoms with E-state index in [1.165, 1.54) is 30.5 Å². The maximum Gasteiger partial charge on any atom is 0.284 e. The summed E-state index contributed by atoms with van der Waals surface area (Å²) < 4.78 is 13.2. The molecule has 0 saturated carbocycles. The molecular formula is C14H10FN3O2. The summed E-state index contributed by atoms with van der Waals surface area (Å²) >= 11 is 0. The zero-order chi connectivity index (χ0) is 14.3. The Morgan fingerprint density at radius 1 is 1.20 bits per heavy atom. The standard InChI is InChI=1S/C14H10FN3O2/c15-9-3-4-11(8(6-9)7-16)18-13(19)10-2-1-5-17-12(10)14(18)20/h1-6H,7,16H2. The smallest absolute Gasteiger partial charge is 0.284 e. The summed E-state index contributed by atoms with van der Waals surface area (Å²) in [5.41, 5.74) is 6.58. The number of hydrogen-bond donors (Lipinski definition) is 1. The van der Waals surface area contributed by atoms with E-state index in [0.29, 0.717) is 11.3 Å². The van der Waals surface area contributed by atoms with Gasteiger partial charge in [0.25, 0.3) is 11.8 Å². The van der Waals surface area contributed by atoms with E-state index in [0.717, 1.165) is 4.90 Å². The topological polar surface area (TPSA) is 76.3 Å². The van der Waals surface area contributed by atoms with Crippen LogP contribution in [0.5, 0.6) is 0 Å². The number of benzene rings is 1. The minimum Gasteiger partial charge on any atom is -0.326 e. The Labute approximate surface area is 113 Å². The van der Waals surface area contributed by atoms with Crippen molar-refractivity contribution in [2.24, 2.45) is 5.73 Å². The first-order valence-corrected chi connectivity index (χ1v) is 5.96. The van der Waals surface area contributed by atoms with Gasteiger partial charge < -0.3 is 5.73 Å². The molecule has 0 radical (unpaired) electrons. The Kier molecular flexibility index (Phi) is 2.80. The number of pyridine rings is 1. The molecule has 0 spiro atoms. The third kappa shape index (κ3) is 1.70. The molecule has 2 amide bonds. The minimum atomic E-state index is -0.521. The molecule has 0 unspecified atom stereocenters. The van der Waals surface area contributed by atoms with Crippen molar-refractivity contribution in [3.63, 3.8) is 0 Å². The second-order valence-electron chi connectivity index (χ2n) is 4.32. The SMILES string of the molecule is NCc1cc(F)ccc1N1C(=O)c2cccnc2C1=O. The van der Waals surface area contributed by atoms with Crippen LogP contribution in [0.4, 0.5) is 10.1 Å². The lowest BCUT2D eigenvalue weighted by Crippen LogP contribution is -2.30. The first kappa shape index (κ1) is 12.4. The number of hydrogen-bond acceptors (Lipinski definition) is 4. The molecule has 1 aromatic heterocycles. The highest BCUT2D eigenvalue weighted by molar-refractivity contribution is 6.33. The lowest BCUT2D eigenvalue weighted by Gasteiger charge is -2.17. The third-order valence-corrected chi connectivity index (χ3v) is 3.15. The molecule has 1 aliphatic heterocycles. The van der Waals surface area contributed by atoms with Gasteiger partial charge in [0.1, 0.15) is 11.5 Å². The summed E-state index contributed by atoms with van der Waals surface area (Å²) in [4.78, 5) is 29.5. The number of anilines is 1. The van der Waals surface area contributed by atoms with Crippen molar-refractivity contribution in [2.75, 3.05) is 4.90 Å². The zero-order valence-corrected chi connectivity index (χ0v) is 10.3. The van der Waals surface area contributed by atoms with E-state index in [-0.39, 0.29) is 17.8 Å². The number of carbonyl (C=O) groups excluding carboxylic acids is 2. The van der Waals surface area contributed by atoms with E-state index >= 15 is 0 Å². The molecule has 5 nitrogen and oxygen atoms in total. The summed E-state index contributed by atoms with van der Waals surface area (Å²) in [6, 6.07) is 6.90. The number of fused-ring (bicyclic) bond motifs is 1. The van der Waals surface area contributed by atoms with Crippen LogP contribution in [0, 0.1) is 5.82 Å². The molecule has 1 aliphatic rings. The van der Waals surface area contributed by atoms with Crippen LogP contribution in [-0.4, -0.2) is 16.8 Å². The van der Waals surface area contributed by atoms with Gasteiger partial charge in [0.2, 0.25) is 0 Å². The zero-order valence-electron chi connectivity index (χ0n) is 10.3. The van der Waals surface area contributed by atoms with Gasteiger partial charge in [-0.1, -0.05) is 0 Å². The van der Waals surface area contributed by atoms with Crippen molar-refractivity contribution in [1.82, 2.24) is 4.98 Å². The summed E-state index contributed by atoms with van der Waals surface area (Å²) in [7, 11) is 0. The first-order valence-electron chi connectivity index (χ1n) is 5.96. The highest BCUT2D eigenvalue weighted by Gasteiger charge is 2.38. The third-order valence-electron chi connectivity index (χ3n) is 3.15. The molecule has 100 valence electrons. The van der Waals surface area contributed by atoms with Crippen LogP contribution >= 0.6 is 0 Å². The quantitative estimate of drug-likeness (QED) is 0.839. The number of rotatable bonds is 2. The molecule has 2 N–H and O–H groups in total. The predicted octanol–water partition coefficient (Wildman–Crippen LogP) is 1.48. The van der Waals surface area contributed by atoms with Crippen LogP contribution in [-0.2, 0) is 6.54 Å². The van der Waals surface area contributed by atoms with Crippen LogP contribution in [0.25, 0.3) is 0 Å². The average molecular weight is 271 g/mol. The molecule has 0 saturated heterocycles. The predicted molar refractivity (Wildman–Crippen MR) is 69.7 cm³/mol. The molecule has 20 heavy (non-hydrogen) atoms. The van der Waals surface area contributed by atoms with Gasteiger partial charge in [-0.05, 0) is 35.9 Å². The van der Waals surface area contributed by atoms with Crippen molar-refractivity contribution in [2.45, 2.75) is 6.54 Å². The van der Waals surface area contributed by atoms with Crippen LogP contribution in [0.3, 0.4) is 0 Å². The summed E-state index contributed by atoms with van der Waals surface area (Å²) in [5.74, 6) is -1.46. The molecule has 3 rings (SSSR count). The van der Waals surface area contributed by atoms with Gasteiger partial charge >= 0.3 is 0 Å². The molecule has 0 atom stereocenters. The Bertz CT molecular complexity index is 695. The maximum absolute atomic E-state index is 13.2. The van der Waals surface area contributed by atoms with E-state index in [2.05, 4.69) is 4.98 Å². The lowest BCUT2D eigenvalue weighted by molar-refractivity contribution is 0.0924. The van der Waals surface area contributed by atoms with Gasteiger partial charge in [-0.2, -0.15) is 0 Å². The Morgan fingerprint density at radius 2 is 2.00 bits per heavy atom. The molecule has 1 aromatic carbocycles. The summed E-state index contributed by atoms with van der Waals surface area (Å²) in [6.45, 7) is 0.0218. The molecule has 2 aromatic rings. The highest BCUT2D eigenvalue weighted by Crippen LogP contribution is 2.29. The average Bonchev–Trinajstić information content (AvgIpc) is 2.72. The number of amides is 2. The van der Waals surface area contributed by atoms with E-state index in [1.807, 2.05) is 0 Å². The van der Waals surface area contributed by atoms with Crippen LogP contribution in [0.2, 0.25) is 0 Å². The van der Waals surface area contributed by atoms with Crippen molar-refractivity contribution >= 4 is 17.5 Å². The molecule has 0 bridgehead atoms. The second kappa shape index (κ2) is 4.50. The number of halogens is 1. The number of aromatic nitrogens is 1. The Balaban J connectivity index is 2.14. The van der Waals surface area contributed by atoms with Crippen LogP contribution in [0.1, 0.15) is 26.4 Å².